The van der Waals surface area contributed by atoms with Crippen molar-refractivity contribution in [3.05, 3.63) is 24.7 Å². The molecule has 0 aromatic heterocycles. The predicted octanol–water partition coefficient (Wildman–Crippen LogP) is 2.51. The molecule has 0 atom stereocenters. The third-order valence-electron chi connectivity index (χ3n) is 1.41. The second-order valence-corrected chi connectivity index (χ2v) is 2.39. The SMILES string of the molecule is C=C(OC(=C)C(F)(F)OC)C(F)(F)OC. The van der Waals surface area contributed by atoms with Gasteiger partial charge in [-0.1, -0.05) is 13.2 Å². The Hall–Kier alpha value is -1.08. The fraction of sp³-hybridized carbons (Fsp3) is 0.500. The summed E-state index contributed by atoms with van der Waals surface area (Å²) in [5, 5.41) is 0. The molecule has 3 nitrogen and oxygen atoms in total. The molecule has 0 aliphatic carbocycles. The van der Waals surface area contributed by atoms with Crippen LogP contribution in [0.1, 0.15) is 0 Å². The van der Waals surface area contributed by atoms with Crippen molar-refractivity contribution in [3.8, 4) is 0 Å². The molecule has 0 amide bonds. The summed E-state index contributed by atoms with van der Waals surface area (Å²) < 4.78 is 61.8. The highest BCUT2D eigenvalue weighted by Crippen LogP contribution is 2.31. The maximum Gasteiger partial charge on any atom is 0.414 e. The van der Waals surface area contributed by atoms with Crippen molar-refractivity contribution in [1.82, 2.24) is 0 Å². The maximum absolute atomic E-state index is 12.6. The van der Waals surface area contributed by atoms with Crippen molar-refractivity contribution >= 4 is 0 Å². The van der Waals surface area contributed by atoms with Crippen LogP contribution in [-0.4, -0.2) is 26.4 Å². The van der Waals surface area contributed by atoms with E-state index in [9.17, 15) is 17.6 Å². The molecular weight excluding hydrogens is 220 g/mol. The van der Waals surface area contributed by atoms with Crippen molar-refractivity contribution in [1.29, 1.82) is 0 Å². The molecule has 0 N–H and O–H groups in total. The van der Waals surface area contributed by atoms with Crippen LogP contribution in [0.25, 0.3) is 0 Å². The van der Waals surface area contributed by atoms with E-state index in [1.165, 1.54) is 0 Å². The normalized spacial score (nSPS) is 12.4. The summed E-state index contributed by atoms with van der Waals surface area (Å²) in [7, 11) is 1.34. The van der Waals surface area contributed by atoms with Crippen LogP contribution < -0.4 is 0 Å². The molecule has 0 unspecified atom stereocenters. The second kappa shape index (κ2) is 4.63. The number of methoxy groups -OCH3 is 2. The van der Waals surface area contributed by atoms with Gasteiger partial charge in [0.05, 0.1) is 0 Å². The first-order valence-corrected chi connectivity index (χ1v) is 3.60. The van der Waals surface area contributed by atoms with E-state index in [0.29, 0.717) is 14.2 Å². The Bertz CT molecular complexity index is 237. The van der Waals surface area contributed by atoms with E-state index in [1.54, 1.807) is 0 Å². The van der Waals surface area contributed by atoms with Gasteiger partial charge in [0, 0.05) is 14.2 Å². The van der Waals surface area contributed by atoms with Crippen molar-refractivity contribution in [2.75, 3.05) is 14.2 Å². The van der Waals surface area contributed by atoms with E-state index >= 15 is 0 Å². The van der Waals surface area contributed by atoms with E-state index < -0.39 is 23.7 Å². The van der Waals surface area contributed by atoms with Gasteiger partial charge in [-0.05, 0) is 0 Å². The van der Waals surface area contributed by atoms with E-state index in [4.69, 9.17) is 0 Å². The summed E-state index contributed by atoms with van der Waals surface area (Å²) in [6.07, 6.45) is -7.74. The van der Waals surface area contributed by atoms with Gasteiger partial charge in [-0.25, -0.2) is 0 Å². The van der Waals surface area contributed by atoms with Crippen molar-refractivity contribution < 1.29 is 31.8 Å². The van der Waals surface area contributed by atoms with Gasteiger partial charge in [0.25, 0.3) is 0 Å². The Labute approximate surface area is 83.9 Å². The zero-order valence-corrected chi connectivity index (χ0v) is 8.15. The van der Waals surface area contributed by atoms with Gasteiger partial charge in [0.15, 0.2) is 11.5 Å². The smallest absolute Gasteiger partial charge is 0.414 e. The van der Waals surface area contributed by atoms with Crippen molar-refractivity contribution in [2.45, 2.75) is 12.2 Å². The zero-order chi connectivity index (χ0) is 12.3. The Morgan fingerprint density at radius 1 is 0.867 bits per heavy atom. The molecule has 0 spiro atoms. The van der Waals surface area contributed by atoms with Crippen LogP contribution in [-0.2, 0) is 14.2 Å². The summed E-state index contributed by atoms with van der Waals surface area (Å²) in [6.45, 7) is 5.48. The lowest BCUT2D eigenvalue weighted by molar-refractivity contribution is -0.237. The molecule has 0 radical (unpaired) electrons. The Morgan fingerprint density at radius 3 is 1.33 bits per heavy atom. The van der Waals surface area contributed by atoms with Gasteiger partial charge in [-0.2, -0.15) is 17.6 Å². The monoisotopic (exact) mass is 230 g/mol. The Balaban J connectivity index is 4.51. The molecule has 0 aromatic rings. The van der Waals surface area contributed by atoms with Crippen molar-refractivity contribution in [3.63, 3.8) is 0 Å². The average Bonchev–Trinajstić information content (AvgIpc) is 2.17. The Kier molecular flexibility index (Phi) is 4.29. The van der Waals surface area contributed by atoms with Crippen LogP contribution >= 0.6 is 0 Å². The minimum absolute atomic E-state index is 0.672. The molecule has 88 valence electrons. The van der Waals surface area contributed by atoms with Gasteiger partial charge in [-0.3, -0.25) is 0 Å². The number of rotatable bonds is 6. The van der Waals surface area contributed by atoms with Gasteiger partial charge >= 0.3 is 12.2 Å². The fourth-order valence-electron chi connectivity index (χ4n) is 0.495. The summed E-state index contributed by atoms with van der Waals surface area (Å²) in [4.78, 5) is 0. The highest BCUT2D eigenvalue weighted by Gasteiger charge is 2.41. The highest BCUT2D eigenvalue weighted by molar-refractivity contribution is 5.03. The van der Waals surface area contributed by atoms with Gasteiger partial charge in [0.2, 0.25) is 0 Å². The molecular formula is C8H10F4O3. The minimum Gasteiger partial charge on any atom is -0.449 e. The molecule has 0 saturated carbocycles. The second-order valence-electron chi connectivity index (χ2n) is 2.39. The average molecular weight is 230 g/mol. The molecule has 0 heterocycles. The van der Waals surface area contributed by atoms with E-state index in [0.717, 1.165) is 0 Å². The lowest BCUT2D eigenvalue weighted by atomic mass is 10.4. The molecule has 0 aliphatic rings. The summed E-state index contributed by atoms with van der Waals surface area (Å²) in [6, 6.07) is 0. The van der Waals surface area contributed by atoms with Crippen LogP contribution in [0.4, 0.5) is 17.6 Å². The molecule has 0 aromatic carbocycles. The van der Waals surface area contributed by atoms with E-state index in [1.807, 2.05) is 0 Å². The van der Waals surface area contributed by atoms with Crippen LogP contribution in [0.2, 0.25) is 0 Å². The lowest BCUT2D eigenvalue weighted by Crippen LogP contribution is -2.28. The number of ether oxygens (including phenoxy) is 3. The number of hydrogen-bond acceptors (Lipinski definition) is 3. The first kappa shape index (κ1) is 13.9. The third-order valence-corrected chi connectivity index (χ3v) is 1.41. The Morgan fingerprint density at radius 2 is 1.13 bits per heavy atom. The van der Waals surface area contributed by atoms with Gasteiger partial charge in [-0.15, -0.1) is 0 Å². The fourth-order valence-corrected chi connectivity index (χ4v) is 0.495. The molecule has 0 aliphatic heterocycles. The number of alkyl halides is 4. The highest BCUT2D eigenvalue weighted by atomic mass is 19.3. The van der Waals surface area contributed by atoms with E-state index in [-0.39, 0.29) is 0 Å². The number of halogens is 4. The third kappa shape index (κ3) is 3.52. The van der Waals surface area contributed by atoms with Crippen molar-refractivity contribution in [2.24, 2.45) is 0 Å². The van der Waals surface area contributed by atoms with E-state index in [2.05, 4.69) is 27.4 Å². The first-order chi connectivity index (χ1) is 6.67. The summed E-state index contributed by atoms with van der Waals surface area (Å²) in [5.41, 5.74) is 0. The van der Waals surface area contributed by atoms with Gasteiger partial charge in [0.1, 0.15) is 0 Å². The quantitative estimate of drug-likeness (QED) is 0.518. The summed E-state index contributed by atoms with van der Waals surface area (Å²) in [5.74, 6) is -2.60. The van der Waals surface area contributed by atoms with Crippen LogP contribution in [0, 0.1) is 0 Å². The molecule has 0 bridgehead atoms. The molecule has 7 heteroatoms. The first-order valence-electron chi connectivity index (χ1n) is 3.60. The largest absolute Gasteiger partial charge is 0.449 e. The molecule has 0 saturated heterocycles. The van der Waals surface area contributed by atoms with Crippen LogP contribution in [0.15, 0.2) is 24.7 Å². The molecule has 0 rings (SSSR count). The molecule has 0 fully saturated rings. The topological polar surface area (TPSA) is 27.7 Å². The van der Waals surface area contributed by atoms with Crippen LogP contribution in [0.3, 0.4) is 0 Å². The number of hydrogen-bond donors (Lipinski definition) is 0. The standard InChI is InChI=1S/C8H10F4O3/c1-5(7(9,10)13-3)15-6(2)8(11,12)14-4/h1-2H2,3-4H3. The lowest BCUT2D eigenvalue weighted by Gasteiger charge is -2.21. The zero-order valence-electron chi connectivity index (χ0n) is 8.15. The minimum atomic E-state index is -3.87. The maximum atomic E-state index is 12.6. The van der Waals surface area contributed by atoms with Gasteiger partial charge < -0.3 is 14.2 Å². The van der Waals surface area contributed by atoms with Crippen LogP contribution in [0.5, 0.6) is 0 Å². The summed E-state index contributed by atoms with van der Waals surface area (Å²) >= 11 is 0. The molecule has 15 heavy (non-hydrogen) atoms. The predicted molar refractivity (Wildman–Crippen MR) is 43.3 cm³/mol.